The monoisotopic (exact) mass is 369 g/mol. The number of benzene rings is 1. The smallest absolute Gasteiger partial charge is 0.134 e. The number of fused-ring (bicyclic) bond motifs is 1. The molecule has 0 radical (unpaired) electrons. The van der Waals surface area contributed by atoms with Gasteiger partial charge in [-0.2, -0.15) is 0 Å². The molecule has 5 rings (SSSR count). The van der Waals surface area contributed by atoms with Gasteiger partial charge >= 0.3 is 0 Å². The summed E-state index contributed by atoms with van der Waals surface area (Å²) in [4.78, 5) is 7.39. The highest BCUT2D eigenvalue weighted by molar-refractivity contribution is 7.10. The summed E-state index contributed by atoms with van der Waals surface area (Å²) >= 11 is 1.80. The highest BCUT2D eigenvalue weighted by Gasteiger charge is 2.29. The Balaban J connectivity index is 1.56. The molecule has 3 aliphatic rings. The lowest BCUT2D eigenvalue weighted by Crippen LogP contribution is -2.39. The van der Waals surface area contributed by atoms with E-state index < -0.39 is 0 Å². The van der Waals surface area contributed by atoms with Crippen LogP contribution in [0.2, 0.25) is 0 Å². The number of nitrogens with zero attached hydrogens (tertiary/aromatic N) is 2. The molecule has 1 aromatic heterocycles. The van der Waals surface area contributed by atoms with Crippen molar-refractivity contribution in [1.29, 1.82) is 0 Å². The Kier molecular flexibility index (Phi) is 4.17. The van der Waals surface area contributed by atoms with Gasteiger partial charge < -0.3 is 15.0 Å². The van der Waals surface area contributed by atoms with E-state index in [-0.39, 0.29) is 0 Å². The maximum atomic E-state index is 6.55. The molecule has 2 aliphatic heterocycles. The quantitative estimate of drug-likeness (QED) is 0.876. The molecular weight excluding hydrogens is 342 g/mol. The second kappa shape index (κ2) is 6.54. The van der Waals surface area contributed by atoms with E-state index in [1.54, 1.807) is 11.3 Å². The average molecular weight is 370 g/mol. The van der Waals surface area contributed by atoms with Gasteiger partial charge in [-0.15, -0.1) is 11.3 Å². The van der Waals surface area contributed by atoms with Gasteiger partial charge in [0.1, 0.15) is 5.75 Å². The molecule has 1 saturated heterocycles. The fraction of sp³-hybridized carbons (Fsp3) is 0.571. The third kappa shape index (κ3) is 2.72. The molecule has 138 valence electrons. The molecule has 1 N–H and O–H groups in total. The van der Waals surface area contributed by atoms with Crippen LogP contribution in [0.1, 0.15) is 49.1 Å². The second-order valence-electron chi connectivity index (χ2n) is 8.04. The van der Waals surface area contributed by atoms with Crippen LogP contribution < -0.4 is 15.0 Å². The SMILES string of the molecule is CC1CCc2c(ccc(-c3csc(C4CNC4)n3)c2OC2CCC2)N1C. The predicted octanol–water partition coefficient (Wildman–Crippen LogP) is 4.20. The van der Waals surface area contributed by atoms with Crippen LogP contribution in [0.4, 0.5) is 5.69 Å². The Labute approximate surface area is 159 Å². The first-order valence-corrected chi connectivity index (χ1v) is 10.8. The number of rotatable bonds is 4. The molecule has 4 nitrogen and oxygen atoms in total. The van der Waals surface area contributed by atoms with Gasteiger partial charge in [0, 0.05) is 54.3 Å². The van der Waals surface area contributed by atoms with E-state index >= 15 is 0 Å². The van der Waals surface area contributed by atoms with Crippen molar-refractivity contribution in [1.82, 2.24) is 10.3 Å². The van der Waals surface area contributed by atoms with Gasteiger partial charge in [-0.3, -0.25) is 0 Å². The first-order chi connectivity index (χ1) is 12.7. The van der Waals surface area contributed by atoms with Crippen LogP contribution in [-0.4, -0.2) is 37.3 Å². The van der Waals surface area contributed by atoms with Crippen LogP contribution >= 0.6 is 11.3 Å². The lowest BCUT2D eigenvalue weighted by Gasteiger charge is -2.36. The highest BCUT2D eigenvalue weighted by atomic mass is 32.1. The fourth-order valence-electron chi connectivity index (χ4n) is 4.03. The van der Waals surface area contributed by atoms with E-state index in [1.165, 1.54) is 47.5 Å². The standard InChI is InChI=1S/C21H27N3OS/c1-13-6-7-17-19(24(13)2)9-8-16(20(17)25-15-4-3-5-15)18-12-26-21(23-18)14-10-22-11-14/h8-9,12-15,22H,3-7,10-11H2,1-2H3. The van der Waals surface area contributed by atoms with Crippen molar-refractivity contribution in [2.24, 2.45) is 0 Å². The molecular formula is C21H27N3OS. The zero-order valence-corrected chi connectivity index (χ0v) is 16.4. The molecule has 2 fully saturated rings. The van der Waals surface area contributed by atoms with Crippen LogP contribution in [0.25, 0.3) is 11.3 Å². The van der Waals surface area contributed by atoms with Gasteiger partial charge in [0.05, 0.1) is 16.8 Å². The van der Waals surface area contributed by atoms with Crippen LogP contribution in [0.3, 0.4) is 0 Å². The van der Waals surface area contributed by atoms with Gasteiger partial charge in [-0.25, -0.2) is 4.98 Å². The lowest BCUT2D eigenvalue weighted by atomic mass is 9.92. The predicted molar refractivity (Wildman–Crippen MR) is 108 cm³/mol. The van der Waals surface area contributed by atoms with Gasteiger partial charge in [0.25, 0.3) is 0 Å². The normalized spacial score (nSPS) is 23.3. The summed E-state index contributed by atoms with van der Waals surface area (Å²) in [6.07, 6.45) is 6.33. The van der Waals surface area contributed by atoms with Crippen LogP contribution in [0, 0.1) is 0 Å². The zero-order valence-electron chi connectivity index (χ0n) is 15.6. The summed E-state index contributed by atoms with van der Waals surface area (Å²) in [5.41, 5.74) is 5.00. The second-order valence-corrected chi connectivity index (χ2v) is 8.93. The average Bonchev–Trinajstić information content (AvgIpc) is 3.01. The maximum Gasteiger partial charge on any atom is 0.134 e. The molecule has 0 spiro atoms. The van der Waals surface area contributed by atoms with E-state index in [4.69, 9.17) is 9.72 Å². The number of aromatic nitrogens is 1. The minimum Gasteiger partial charge on any atom is -0.489 e. The van der Waals surface area contributed by atoms with Crippen molar-refractivity contribution in [2.75, 3.05) is 25.0 Å². The summed E-state index contributed by atoms with van der Waals surface area (Å²) in [5.74, 6) is 1.70. The third-order valence-corrected chi connectivity index (χ3v) is 7.36. The Morgan fingerprint density at radius 2 is 2.08 bits per heavy atom. The zero-order chi connectivity index (χ0) is 17.7. The summed E-state index contributed by atoms with van der Waals surface area (Å²) in [7, 11) is 2.21. The molecule has 0 bridgehead atoms. The van der Waals surface area contributed by atoms with E-state index in [9.17, 15) is 0 Å². The van der Waals surface area contributed by atoms with E-state index in [1.807, 2.05) is 0 Å². The fourth-order valence-corrected chi connectivity index (χ4v) is 4.95. The van der Waals surface area contributed by atoms with Crippen molar-refractivity contribution in [3.8, 4) is 17.0 Å². The number of anilines is 1. The molecule has 1 unspecified atom stereocenters. The Morgan fingerprint density at radius 3 is 2.77 bits per heavy atom. The summed E-state index contributed by atoms with van der Waals surface area (Å²) in [5, 5.41) is 6.83. The number of thiazole rings is 1. The molecule has 26 heavy (non-hydrogen) atoms. The molecule has 5 heteroatoms. The molecule has 3 heterocycles. The Morgan fingerprint density at radius 1 is 1.23 bits per heavy atom. The molecule has 1 aromatic carbocycles. The van der Waals surface area contributed by atoms with E-state index in [0.717, 1.165) is 31.0 Å². The van der Waals surface area contributed by atoms with Gasteiger partial charge in [-0.1, -0.05) is 0 Å². The molecule has 0 amide bonds. The minimum atomic E-state index is 0.388. The molecule has 1 atom stereocenters. The van der Waals surface area contributed by atoms with Crippen molar-refractivity contribution < 1.29 is 4.74 Å². The van der Waals surface area contributed by atoms with Crippen molar-refractivity contribution in [2.45, 2.75) is 57.1 Å². The van der Waals surface area contributed by atoms with Crippen molar-refractivity contribution in [3.63, 3.8) is 0 Å². The largest absolute Gasteiger partial charge is 0.489 e. The summed E-state index contributed by atoms with van der Waals surface area (Å²) < 4.78 is 6.55. The highest BCUT2D eigenvalue weighted by Crippen LogP contribution is 2.44. The first kappa shape index (κ1) is 16.6. The van der Waals surface area contributed by atoms with Crippen LogP contribution in [0.15, 0.2) is 17.5 Å². The molecule has 2 aromatic rings. The van der Waals surface area contributed by atoms with Crippen molar-refractivity contribution >= 4 is 17.0 Å². The molecule has 1 aliphatic carbocycles. The van der Waals surface area contributed by atoms with Crippen molar-refractivity contribution in [3.05, 3.63) is 28.1 Å². The van der Waals surface area contributed by atoms with Gasteiger partial charge in [-0.05, 0) is 51.2 Å². The summed E-state index contributed by atoms with van der Waals surface area (Å²) in [6, 6.07) is 5.10. The maximum absolute atomic E-state index is 6.55. The Hall–Kier alpha value is -1.59. The summed E-state index contributed by atoms with van der Waals surface area (Å²) in [6.45, 7) is 4.43. The topological polar surface area (TPSA) is 37.4 Å². The van der Waals surface area contributed by atoms with E-state index in [2.05, 4.69) is 41.7 Å². The number of hydrogen-bond donors (Lipinski definition) is 1. The Bertz CT molecular complexity index is 810. The third-order valence-electron chi connectivity index (χ3n) is 6.35. The molecule has 1 saturated carbocycles. The lowest BCUT2D eigenvalue weighted by molar-refractivity contribution is 0.119. The number of ether oxygens (including phenoxy) is 1. The van der Waals surface area contributed by atoms with Crippen LogP contribution in [-0.2, 0) is 6.42 Å². The number of nitrogens with one attached hydrogen (secondary N) is 1. The van der Waals surface area contributed by atoms with Gasteiger partial charge in [0.2, 0.25) is 0 Å². The first-order valence-electron chi connectivity index (χ1n) is 9.92. The number of hydrogen-bond acceptors (Lipinski definition) is 5. The van der Waals surface area contributed by atoms with Gasteiger partial charge in [0.15, 0.2) is 0 Å². The van der Waals surface area contributed by atoms with E-state index in [0.29, 0.717) is 18.1 Å². The minimum absolute atomic E-state index is 0.388. The van der Waals surface area contributed by atoms with Crippen LogP contribution in [0.5, 0.6) is 5.75 Å².